The van der Waals surface area contributed by atoms with Crippen molar-refractivity contribution < 1.29 is 4.79 Å². The van der Waals surface area contributed by atoms with Crippen LogP contribution in [0.4, 0.5) is 5.69 Å². The molecule has 30 heavy (non-hydrogen) atoms. The maximum absolute atomic E-state index is 12.0. The second-order valence-corrected chi connectivity index (χ2v) is 7.77. The zero-order valence-corrected chi connectivity index (χ0v) is 17.8. The first kappa shape index (κ1) is 20.3. The van der Waals surface area contributed by atoms with Crippen LogP contribution in [0.25, 0.3) is 5.78 Å². The number of H-pyrrole nitrogens is 1. The Kier molecular flexibility index (Phi) is 5.67. The molecule has 1 aliphatic rings. The number of ketones is 1. The predicted molar refractivity (Wildman–Crippen MR) is 116 cm³/mol. The van der Waals surface area contributed by atoms with Crippen LogP contribution in [-0.2, 0) is 13.0 Å². The Balaban J connectivity index is 1.41. The van der Waals surface area contributed by atoms with Crippen molar-refractivity contribution in [3.63, 3.8) is 0 Å². The maximum atomic E-state index is 12.0. The lowest BCUT2D eigenvalue weighted by Gasteiger charge is -2.36. The summed E-state index contributed by atoms with van der Waals surface area (Å²) < 4.78 is 1.90. The number of Topliss-reactive ketones (excluding diaryl/α,β-unsaturated/α-hetero) is 1. The van der Waals surface area contributed by atoms with Crippen molar-refractivity contribution >= 4 is 17.2 Å². The zero-order chi connectivity index (χ0) is 21.3. The number of pyridine rings is 1. The van der Waals surface area contributed by atoms with Crippen LogP contribution < -0.4 is 10.5 Å². The van der Waals surface area contributed by atoms with Gasteiger partial charge < -0.3 is 4.90 Å². The van der Waals surface area contributed by atoms with Gasteiger partial charge in [-0.2, -0.15) is 0 Å². The number of carbonyl (C=O) groups excluding carboxylic acids is 1. The molecule has 0 saturated carbocycles. The average Bonchev–Trinajstić information content (AvgIpc) is 3.14. The number of aryl methyl sites for hydroxylation is 2. The molecule has 0 atom stereocenters. The molecule has 0 aliphatic carbocycles. The molecule has 1 saturated heterocycles. The standard InChI is InChI=1S/C22H28N6O2/c1-4-16-12-28-14-17(24-22(28)25-21(16)30)13-26-8-10-27(11-9-26)19-7-6-18(20(29)5-2)23-15(19)3/h6-7,12,14H,4-5,8-11,13H2,1-3H3,(H,24,25,30). The lowest BCUT2D eigenvalue weighted by Crippen LogP contribution is -2.46. The highest BCUT2D eigenvalue weighted by atomic mass is 16.1. The Morgan fingerprint density at radius 1 is 1.10 bits per heavy atom. The number of imidazole rings is 1. The highest BCUT2D eigenvalue weighted by Gasteiger charge is 2.20. The zero-order valence-electron chi connectivity index (χ0n) is 17.8. The van der Waals surface area contributed by atoms with Gasteiger partial charge in [-0.1, -0.05) is 13.8 Å². The first-order valence-electron chi connectivity index (χ1n) is 10.6. The van der Waals surface area contributed by atoms with E-state index in [0.29, 0.717) is 24.3 Å². The monoisotopic (exact) mass is 408 g/mol. The lowest BCUT2D eigenvalue weighted by molar-refractivity contribution is 0.0983. The van der Waals surface area contributed by atoms with Crippen LogP contribution in [0.15, 0.2) is 29.3 Å². The molecule has 0 amide bonds. The molecule has 1 fully saturated rings. The van der Waals surface area contributed by atoms with Crippen molar-refractivity contribution in [1.29, 1.82) is 0 Å². The predicted octanol–water partition coefficient (Wildman–Crippen LogP) is 2.20. The number of fused-ring (bicyclic) bond motifs is 1. The highest BCUT2D eigenvalue weighted by molar-refractivity contribution is 5.94. The van der Waals surface area contributed by atoms with Crippen molar-refractivity contribution in [2.45, 2.75) is 40.2 Å². The number of anilines is 1. The van der Waals surface area contributed by atoms with Crippen molar-refractivity contribution in [3.8, 4) is 0 Å². The Hall–Kier alpha value is -3.00. The fourth-order valence-electron chi connectivity index (χ4n) is 3.97. The van der Waals surface area contributed by atoms with Gasteiger partial charge in [-0.3, -0.25) is 23.9 Å². The van der Waals surface area contributed by atoms with Gasteiger partial charge in [-0.15, -0.1) is 0 Å². The van der Waals surface area contributed by atoms with E-state index in [0.717, 1.165) is 55.4 Å². The number of piperazine rings is 1. The van der Waals surface area contributed by atoms with Crippen molar-refractivity contribution in [2.24, 2.45) is 0 Å². The molecule has 1 aliphatic heterocycles. The summed E-state index contributed by atoms with van der Waals surface area (Å²) in [7, 11) is 0. The molecule has 8 nitrogen and oxygen atoms in total. The van der Waals surface area contributed by atoms with E-state index in [2.05, 4.69) is 24.8 Å². The molecular weight excluding hydrogens is 380 g/mol. The molecule has 0 radical (unpaired) electrons. The Morgan fingerprint density at radius 3 is 2.53 bits per heavy atom. The van der Waals surface area contributed by atoms with E-state index >= 15 is 0 Å². The van der Waals surface area contributed by atoms with E-state index in [4.69, 9.17) is 0 Å². The van der Waals surface area contributed by atoms with E-state index in [-0.39, 0.29) is 11.3 Å². The number of nitrogens with one attached hydrogen (secondary N) is 1. The summed E-state index contributed by atoms with van der Waals surface area (Å²) in [6.45, 7) is 10.2. The smallest absolute Gasteiger partial charge is 0.255 e. The van der Waals surface area contributed by atoms with Crippen molar-refractivity contribution in [2.75, 3.05) is 31.1 Å². The summed E-state index contributed by atoms with van der Waals surface area (Å²) >= 11 is 0. The van der Waals surface area contributed by atoms with Crippen molar-refractivity contribution in [1.82, 2.24) is 24.3 Å². The lowest BCUT2D eigenvalue weighted by atomic mass is 10.1. The molecule has 4 rings (SSSR count). The summed E-state index contributed by atoms with van der Waals surface area (Å²) in [4.78, 5) is 40.5. The largest absolute Gasteiger partial charge is 0.368 e. The fraction of sp³-hybridized carbons (Fsp3) is 0.455. The third-order valence-corrected chi connectivity index (χ3v) is 5.74. The van der Waals surface area contributed by atoms with E-state index in [9.17, 15) is 9.59 Å². The third-order valence-electron chi connectivity index (χ3n) is 5.74. The first-order chi connectivity index (χ1) is 14.5. The fourth-order valence-corrected chi connectivity index (χ4v) is 3.97. The van der Waals surface area contributed by atoms with Gasteiger partial charge in [0.05, 0.1) is 17.1 Å². The second-order valence-electron chi connectivity index (χ2n) is 7.77. The number of aromatic amines is 1. The van der Waals surface area contributed by atoms with E-state index in [1.54, 1.807) is 0 Å². The van der Waals surface area contributed by atoms with Gasteiger partial charge >= 0.3 is 0 Å². The number of rotatable bonds is 6. The summed E-state index contributed by atoms with van der Waals surface area (Å²) in [5.74, 6) is 0.670. The molecule has 0 bridgehead atoms. The molecule has 0 aromatic carbocycles. The molecule has 0 unspecified atom stereocenters. The van der Waals surface area contributed by atoms with E-state index < -0.39 is 0 Å². The molecular formula is C22H28N6O2. The second kappa shape index (κ2) is 8.39. The molecule has 1 N–H and O–H groups in total. The van der Waals surface area contributed by atoms with Gasteiger partial charge in [0.25, 0.3) is 5.56 Å². The van der Waals surface area contributed by atoms with Gasteiger partial charge in [-0.25, -0.2) is 9.97 Å². The van der Waals surface area contributed by atoms with E-state index in [1.165, 1.54) is 0 Å². The topological polar surface area (TPSA) is 86.6 Å². The SMILES string of the molecule is CCC(=O)c1ccc(N2CCN(Cc3cn4cc(CC)c(=O)[nH]c4n3)CC2)c(C)n1. The number of aromatic nitrogens is 4. The quantitative estimate of drug-likeness (QED) is 0.630. The number of nitrogens with zero attached hydrogens (tertiary/aromatic N) is 5. The third kappa shape index (κ3) is 4.00. The Labute approximate surface area is 175 Å². The molecule has 4 heterocycles. The Bertz CT molecular complexity index is 1120. The van der Waals surface area contributed by atoms with Gasteiger partial charge in [0.15, 0.2) is 5.78 Å². The number of carbonyl (C=O) groups is 1. The van der Waals surface area contributed by atoms with Crippen molar-refractivity contribution in [3.05, 3.63) is 57.5 Å². The summed E-state index contributed by atoms with van der Waals surface area (Å²) in [6.07, 6.45) is 5.03. The van der Waals surface area contributed by atoms with Crippen LogP contribution in [0.2, 0.25) is 0 Å². The van der Waals surface area contributed by atoms with Crippen LogP contribution in [0.1, 0.15) is 47.7 Å². The molecule has 8 heteroatoms. The molecule has 0 spiro atoms. The van der Waals surface area contributed by atoms with Crippen LogP contribution in [-0.4, -0.2) is 56.2 Å². The molecule has 3 aromatic heterocycles. The van der Waals surface area contributed by atoms with Gasteiger partial charge in [-0.05, 0) is 25.5 Å². The van der Waals surface area contributed by atoms with Gasteiger partial charge in [0.2, 0.25) is 5.78 Å². The summed E-state index contributed by atoms with van der Waals surface area (Å²) in [6, 6.07) is 3.85. The Morgan fingerprint density at radius 2 is 1.87 bits per heavy atom. The number of hydrogen-bond donors (Lipinski definition) is 1. The van der Waals surface area contributed by atoms with Crippen LogP contribution in [0, 0.1) is 6.92 Å². The minimum Gasteiger partial charge on any atom is -0.368 e. The minimum atomic E-state index is -0.0635. The minimum absolute atomic E-state index is 0.0635. The van der Waals surface area contributed by atoms with Gasteiger partial charge in [0, 0.05) is 57.1 Å². The summed E-state index contributed by atoms with van der Waals surface area (Å²) in [5, 5.41) is 0. The van der Waals surface area contributed by atoms with Crippen LogP contribution in [0.5, 0.6) is 0 Å². The normalized spacial score (nSPS) is 15.1. The molecule has 158 valence electrons. The highest BCUT2D eigenvalue weighted by Crippen LogP contribution is 2.21. The maximum Gasteiger partial charge on any atom is 0.255 e. The van der Waals surface area contributed by atoms with Crippen LogP contribution >= 0.6 is 0 Å². The first-order valence-corrected chi connectivity index (χ1v) is 10.6. The summed E-state index contributed by atoms with van der Waals surface area (Å²) in [5.41, 5.74) is 4.20. The molecule has 3 aromatic rings. The number of hydrogen-bond acceptors (Lipinski definition) is 6. The van der Waals surface area contributed by atoms with Gasteiger partial charge in [0.1, 0.15) is 5.69 Å². The van der Waals surface area contributed by atoms with Crippen LogP contribution in [0.3, 0.4) is 0 Å². The van der Waals surface area contributed by atoms with E-state index in [1.807, 2.05) is 49.7 Å². The average molecular weight is 409 g/mol.